The van der Waals surface area contributed by atoms with Crippen LogP contribution >= 0.6 is 23.2 Å². The SMILES string of the molecule is O=C1Oc2ccccc2CC1=Cc1c(Cl)cccc1Cl. The van der Waals surface area contributed by atoms with E-state index < -0.39 is 0 Å². The average molecular weight is 305 g/mol. The Bertz CT molecular complexity index is 700. The first kappa shape index (κ1) is 13.2. The molecule has 100 valence electrons. The first-order valence-corrected chi connectivity index (χ1v) is 6.85. The molecule has 0 amide bonds. The van der Waals surface area contributed by atoms with Crippen molar-refractivity contribution >= 4 is 35.2 Å². The van der Waals surface area contributed by atoms with Gasteiger partial charge in [-0.1, -0.05) is 47.5 Å². The van der Waals surface area contributed by atoms with E-state index in [1.807, 2.05) is 18.2 Å². The number of halogens is 2. The van der Waals surface area contributed by atoms with Crippen molar-refractivity contribution < 1.29 is 9.53 Å². The van der Waals surface area contributed by atoms with Crippen molar-refractivity contribution in [1.82, 2.24) is 0 Å². The van der Waals surface area contributed by atoms with Crippen molar-refractivity contribution in [1.29, 1.82) is 0 Å². The van der Waals surface area contributed by atoms with E-state index in [4.69, 9.17) is 27.9 Å². The van der Waals surface area contributed by atoms with Gasteiger partial charge >= 0.3 is 5.97 Å². The second-order valence-corrected chi connectivity index (χ2v) is 5.29. The van der Waals surface area contributed by atoms with Crippen LogP contribution in [0.3, 0.4) is 0 Å². The van der Waals surface area contributed by atoms with Crippen molar-refractivity contribution in [2.45, 2.75) is 6.42 Å². The van der Waals surface area contributed by atoms with Crippen LogP contribution in [0.4, 0.5) is 0 Å². The molecule has 2 aromatic carbocycles. The predicted molar refractivity (Wildman–Crippen MR) is 80.2 cm³/mol. The largest absolute Gasteiger partial charge is 0.423 e. The molecule has 4 heteroatoms. The lowest BCUT2D eigenvalue weighted by molar-refractivity contribution is -0.130. The fourth-order valence-corrected chi connectivity index (χ4v) is 2.63. The van der Waals surface area contributed by atoms with Crippen LogP contribution < -0.4 is 4.74 Å². The Morgan fingerprint density at radius 3 is 2.45 bits per heavy atom. The number of carbonyl (C=O) groups is 1. The Hall–Kier alpha value is -1.77. The normalized spacial score (nSPS) is 15.9. The van der Waals surface area contributed by atoms with Crippen LogP contribution in [0, 0.1) is 0 Å². The van der Waals surface area contributed by atoms with Gasteiger partial charge in [0.15, 0.2) is 0 Å². The van der Waals surface area contributed by atoms with E-state index in [9.17, 15) is 4.79 Å². The molecule has 0 saturated heterocycles. The van der Waals surface area contributed by atoms with Crippen LogP contribution in [0.5, 0.6) is 5.75 Å². The molecule has 3 rings (SSSR count). The fraction of sp³-hybridized carbons (Fsp3) is 0.0625. The number of ether oxygens (including phenoxy) is 1. The van der Waals surface area contributed by atoms with Gasteiger partial charge in [-0.3, -0.25) is 0 Å². The molecule has 0 aliphatic carbocycles. The van der Waals surface area contributed by atoms with Crippen LogP contribution in [-0.2, 0) is 11.2 Å². The summed E-state index contributed by atoms with van der Waals surface area (Å²) in [5.41, 5.74) is 2.15. The zero-order valence-corrected chi connectivity index (χ0v) is 11.9. The molecule has 1 aliphatic rings. The van der Waals surface area contributed by atoms with Gasteiger partial charge in [0, 0.05) is 27.6 Å². The molecule has 2 nitrogen and oxygen atoms in total. The molecule has 2 aromatic rings. The van der Waals surface area contributed by atoms with Crippen molar-refractivity contribution in [3.8, 4) is 5.75 Å². The number of esters is 1. The third-order valence-corrected chi connectivity index (χ3v) is 3.80. The molecule has 0 saturated carbocycles. The Balaban J connectivity index is 2.03. The maximum atomic E-state index is 12.0. The lowest BCUT2D eigenvalue weighted by Crippen LogP contribution is -2.19. The topological polar surface area (TPSA) is 26.3 Å². The number of hydrogen-bond acceptors (Lipinski definition) is 2. The summed E-state index contributed by atoms with van der Waals surface area (Å²) < 4.78 is 5.30. The highest BCUT2D eigenvalue weighted by molar-refractivity contribution is 6.37. The van der Waals surface area contributed by atoms with Gasteiger partial charge in [0.1, 0.15) is 5.75 Å². The second kappa shape index (κ2) is 5.31. The molecule has 0 aromatic heterocycles. The molecule has 0 fully saturated rings. The number of para-hydroxylation sites is 1. The molecule has 0 radical (unpaired) electrons. The lowest BCUT2D eigenvalue weighted by atomic mass is 9.99. The summed E-state index contributed by atoms with van der Waals surface area (Å²) in [7, 11) is 0. The summed E-state index contributed by atoms with van der Waals surface area (Å²) in [4.78, 5) is 12.0. The highest BCUT2D eigenvalue weighted by Crippen LogP contribution is 2.31. The third kappa shape index (κ3) is 2.45. The van der Waals surface area contributed by atoms with Gasteiger partial charge in [0.2, 0.25) is 0 Å². The lowest BCUT2D eigenvalue weighted by Gasteiger charge is -2.18. The molecule has 0 unspecified atom stereocenters. The maximum Gasteiger partial charge on any atom is 0.339 e. The molecule has 0 bridgehead atoms. The molecule has 0 N–H and O–H groups in total. The zero-order valence-electron chi connectivity index (χ0n) is 10.4. The second-order valence-electron chi connectivity index (χ2n) is 4.48. The Labute approximate surface area is 126 Å². The van der Waals surface area contributed by atoms with E-state index in [-0.39, 0.29) is 5.97 Å². The summed E-state index contributed by atoms with van der Waals surface area (Å²) in [6.45, 7) is 0. The first-order valence-electron chi connectivity index (χ1n) is 6.10. The van der Waals surface area contributed by atoms with E-state index in [2.05, 4.69) is 0 Å². The van der Waals surface area contributed by atoms with Gasteiger partial charge in [-0.2, -0.15) is 0 Å². The highest BCUT2D eigenvalue weighted by atomic mass is 35.5. The monoisotopic (exact) mass is 304 g/mol. The molecular weight excluding hydrogens is 295 g/mol. The van der Waals surface area contributed by atoms with E-state index >= 15 is 0 Å². The number of carbonyl (C=O) groups excluding carboxylic acids is 1. The van der Waals surface area contributed by atoms with E-state index in [0.29, 0.717) is 33.4 Å². The Kier molecular flexibility index (Phi) is 3.51. The number of rotatable bonds is 1. The highest BCUT2D eigenvalue weighted by Gasteiger charge is 2.22. The molecule has 0 atom stereocenters. The van der Waals surface area contributed by atoms with E-state index in [1.165, 1.54) is 0 Å². The van der Waals surface area contributed by atoms with Crippen molar-refractivity contribution in [2.75, 3.05) is 0 Å². The maximum absolute atomic E-state index is 12.0. The van der Waals surface area contributed by atoms with Crippen LogP contribution in [0.15, 0.2) is 48.0 Å². The fourth-order valence-electron chi connectivity index (χ4n) is 2.12. The van der Waals surface area contributed by atoms with Gasteiger partial charge in [0.25, 0.3) is 0 Å². The summed E-state index contributed by atoms with van der Waals surface area (Å²) in [6, 6.07) is 12.7. The minimum absolute atomic E-state index is 0.361. The van der Waals surface area contributed by atoms with Gasteiger partial charge in [-0.05, 0) is 29.8 Å². The molecule has 0 spiro atoms. The van der Waals surface area contributed by atoms with Crippen LogP contribution in [0.1, 0.15) is 11.1 Å². The number of hydrogen-bond donors (Lipinski definition) is 0. The quantitative estimate of drug-likeness (QED) is 0.439. The van der Waals surface area contributed by atoms with Gasteiger partial charge in [0.05, 0.1) is 0 Å². The minimum Gasteiger partial charge on any atom is -0.423 e. The van der Waals surface area contributed by atoms with E-state index in [1.54, 1.807) is 30.3 Å². The van der Waals surface area contributed by atoms with Crippen molar-refractivity contribution in [3.63, 3.8) is 0 Å². The summed E-state index contributed by atoms with van der Waals surface area (Å²) in [5.74, 6) is 0.250. The smallest absolute Gasteiger partial charge is 0.339 e. The van der Waals surface area contributed by atoms with Gasteiger partial charge in [-0.15, -0.1) is 0 Å². The average Bonchev–Trinajstić information content (AvgIpc) is 2.43. The minimum atomic E-state index is -0.361. The van der Waals surface area contributed by atoms with Crippen LogP contribution in [0.25, 0.3) is 6.08 Å². The Morgan fingerprint density at radius 1 is 1.00 bits per heavy atom. The molecular formula is C16H10Cl2O2. The standard InChI is InChI=1S/C16H10Cl2O2/c17-13-5-3-6-14(18)12(13)9-11-8-10-4-1-2-7-15(10)20-16(11)19/h1-7,9H,8H2. The summed E-state index contributed by atoms with van der Waals surface area (Å²) in [6.07, 6.45) is 2.21. The third-order valence-electron chi connectivity index (χ3n) is 3.14. The predicted octanol–water partition coefficient (Wildman–Crippen LogP) is 4.54. The summed E-state index contributed by atoms with van der Waals surface area (Å²) >= 11 is 12.2. The number of fused-ring (bicyclic) bond motifs is 1. The summed E-state index contributed by atoms with van der Waals surface area (Å²) in [5, 5.41) is 1.02. The van der Waals surface area contributed by atoms with Crippen molar-refractivity contribution in [2.24, 2.45) is 0 Å². The van der Waals surface area contributed by atoms with Crippen LogP contribution in [0.2, 0.25) is 10.0 Å². The molecule has 1 aliphatic heterocycles. The van der Waals surface area contributed by atoms with Crippen LogP contribution in [-0.4, -0.2) is 5.97 Å². The Morgan fingerprint density at radius 2 is 1.70 bits per heavy atom. The van der Waals surface area contributed by atoms with Crippen molar-refractivity contribution in [3.05, 3.63) is 69.2 Å². The van der Waals surface area contributed by atoms with Gasteiger partial charge < -0.3 is 4.74 Å². The van der Waals surface area contributed by atoms with Gasteiger partial charge in [-0.25, -0.2) is 4.79 Å². The number of benzene rings is 2. The van der Waals surface area contributed by atoms with E-state index in [0.717, 1.165) is 5.56 Å². The first-order chi connectivity index (χ1) is 9.65. The zero-order chi connectivity index (χ0) is 14.1. The molecule has 1 heterocycles. The molecule has 20 heavy (non-hydrogen) atoms.